The summed E-state index contributed by atoms with van der Waals surface area (Å²) in [5.74, 6) is 0.326. The van der Waals surface area contributed by atoms with E-state index in [0.717, 1.165) is 8.95 Å². The number of fused-ring (bicyclic) bond motifs is 1. The van der Waals surface area contributed by atoms with Crippen molar-refractivity contribution in [3.63, 3.8) is 0 Å². The number of hydrogen-bond acceptors (Lipinski definition) is 3. The predicted octanol–water partition coefficient (Wildman–Crippen LogP) is 4.58. The first-order valence-electron chi connectivity index (χ1n) is 5.84. The normalized spacial score (nSPS) is 11.0. The number of aromatic hydroxyl groups is 1. The van der Waals surface area contributed by atoms with E-state index in [4.69, 9.17) is 0 Å². The number of halogens is 3. The van der Waals surface area contributed by atoms with Crippen molar-refractivity contribution < 1.29 is 5.11 Å². The minimum Gasteiger partial charge on any atom is -0.506 e. The molecule has 0 aliphatic rings. The van der Waals surface area contributed by atoms with Crippen LogP contribution in [0, 0.1) is 0 Å². The summed E-state index contributed by atoms with van der Waals surface area (Å²) in [4.78, 5) is 19.3. The van der Waals surface area contributed by atoms with Crippen molar-refractivity contribution in [2.75, 3.05) is 0 Å². The molecule has 1 aromatic heterocycles. The first kappa shape index (κ1) is 14.7. The van der Waals surface area contributed by atoms with Crippen LogP contribution < -0.4 is 5.56 Å². The molecule has 4 nitrogen and oxygen atoms in total. The van der Waals surface area contributed by atoms with Crippen LogP contribution >= 0.6 is 47.8 Å². The molecular formula is C14H7Br3N2O2. The van der Waals surface area contributed by atoms with Gasteiger partial charge in [-0.3, -0.25) is 4.79 Å². The summed E-state index contributed by atoms with van der Waals surface area (Å²) >= 11 is 10.0. The summed E-state index contributed by atoms with van der Waals surface area (Å²) in [5, 5.41) is 10.7. The molecule has 0 atom stereocenters. The molecule has 2 aromatic carbocycles. The fourth-order valence-electron chi connectivity index (χ4n) is 2.00. The topological polar surface area (TPSA) is 66.0 Å². The molecular weight excluding hydrogens is 468 g/mol. The summed E-state index contributed by atoms with van der Waals surface area (Å²) in [7, 11) is 0. The number of rotatable bonds is 1. The number of nitrogens with one attached hydrogen (secondary N) is 1. The highest BCUT2D eigenvalue weighted by molar-refractivity contribution is 9.11. The van der Waals surface area contributed by atoms with Gasteiger partial charge >= 0.3 is 0 Å². The number of phenols is 1. The third-order valence-corrected chi connectivity index (χ3v) is 4.67. The predicted molar refractivity (Wildman–Crippen MR) is 92.6 cm³/mol. The molecule has 0 saturated carbocycles. The molecule has 0 bridgehead atoms. The van der Waals surface area contributed by atoms with Gasteiger partial charge in [-0.05, 0) is 56.1 Å². The number of aromatic nitrogens is 2. The number of phenolic OH excluding ortho intramolecular Hbond substituents is 1. The van der Waals surface area contributed by atoms with Crippen LogP contribution in [0.25, 0.3) is 22.3 Å². The highest BCUT2D eigenvalue weighted by Gasteiger charge is 2.14. The smallest absolute Gasteiger partial charge is 0.259 e. The lowest BCUT2D eigenvalue weighted by molar-refractivity contribution is 0.473. The SMILES string of the molecule is O=c1[nH]c(-c2cc(Br)cc(Br)c2O)nc2c(Br)cccc12. The number of nitrogens with zero attached hydrogens (tertiary/aromatic N) is 1. The van der Waals surface area contributed by atoms with Gasteiger partial charge in [-0.2, -0.15) is 0 Å². The van der Waals surface area contributed by atoms with E-state index in [1.54, 1.807) is 24.3 Å². The Morgan fingerprint density at radius 1 is 1.10 bits per heavy atom. The van der Waals surface area contributed by atoms with Gasteiger partial charge in [0.15, 0.2) is 0 Å². The molecule has 7 heteroatoms. The van der Waals surface area contributed by atoms with Crippen LogP contribution in [0.3, 0.4) is 0 Å². The maximum Gasteiger partial charge on any atom is 0.259 e. The minimum absolute atomic E-state index is 0.0211. The van der Waals surface area contributed by atoms with Crippen molar-refractivity contribution in [1.29, 1.82) is 0 Å². The van der Waals surface area contributed by atoms with Crippen molar-refractivity contribution in [3.05, 3.63) is 54.1 Å². The van der Waals surface area contributed by atoms with E-state index >= 15 is 0 Å². The van der Waals surface area contributed by atoms with Crippen LogP contribution in [0.15, 0.2) is 48.5 Å². The Balaban J connectivity index is 2.37. The average Bonchev–Trinajstić information content (AvgIpc) is 2.44. The molecule has 3 rings (SSSR count). The zero-order valence-electron chi connectivity index (χ0n) is 10.3. The van der Waals surface area contributed by atoms with Crippen molar-refractivity contribution in [3.8, 4) is 17.1 Å². The molecule has 0 aliphatic carbocycles. The third-order valence-electron chi connectivity index (χ3n) is 2.97. The Morgan fingerprint density at radius 2 is 1.86 bits per heavy atom. The molecule has 0 unspecified atom stereocenters. The fourth-order valence-corrected chi connectivity index (χ4v) is 3.68. The summed E-state index contributed by atoms with van der Waals surface area (Å²) < 4.78 is 2.00. The molecule has 0 spiro atoms. The summed E-state index contributed by atoms with van der Waals surface area (Å²) in [5.41, 5.74) is 0.726. The van der Waals surface area contributed by atoms with Crippen LogP contribution in [-0.4, -0.2) is 15.1 Å². The molecule has 0 amide bonds. The fraction of sp³-hybridized carbons (Fsp3) is 0. The Labute approximate surface area is 144 Å². The molecule has 0 aliphatic heterocycles. The third kappa shape index (κ3) is 2.65. The van der Waals surface area contributed by atoms with E-state index in [-0.39, 0.29) is 11.3 Å². The van der Waals surface area contributed by atoms with Crippen molar-refractivity contribution in [2.45, 2.75) is 0 Å². The van der Waals surface area contributed by atoms with Crippen molar-refractivity contribution in [1.82, 2.24) is 9.97 Å². The molecule has 2 N–H and O–H groups in total. The van der Waals surface area contributed by atoms with Gasteiger partial charge in [-0.15, -0.1) is 0 Å². The van der Waals surface area contributed by atoms with E-state index in [1.165, 1.54) is 0 Å². The lowest BCUT2D eigenvalue weighted by atomic mass is 10.1. The van der Waals surface area contributed by atoms with Gasteiger partial charge in [-0.25, -0.2) is 4.98 Å². The largest absolute Gasteiger partial charge is 0.506 e. The second-order valence-electron chi connectivity index (χ2n) is 4.33. The lowest BCUT2D eigenvalue weighted by Crippen LogP contribution is -2.09. The van der Waals surface area contributed by atoms with E-state index in [0.29, 0.717) is 26.8 Å². The molecule has 3 aromatic rings. The zero-order chi connectivity index (χ0) is 15.1. The summed E-state index contributed by atoms with van der Waals surface area (Å²) in [6.45, 7) is 0. The maximum atomic E-state index is 12.2. The monoisotopic (exact) mass is 472 g/mol. The van der Waals surface area contributed by atoms with Gasteiger partial charge < -0.3 is 10.1 Å². The van der Waals surface area contributed by atoms with Crippen molar-refractivity contribution in [2.24, 2.45) is 0 Å². The van der Waals surface area contributed by atoms with Gasteiger partial charge in [0.2, 0.25) is 0 Å². The highest BCUT2D eigenvalue weighted by Crippen LogP contribution is 2.37. The van der Waals surface area contributed by atoms with Gasteiger partial charge in [0.05, 0.1) is 20.9 Å². The average molecular weight is 475 g/mol. The quantitative estimate of drug-likeness (QED) is 0.542. The number of para-hydroxylation sites is 1. The lowest BCUT2D eigenvalue weighted by Gasteiger charge is -2.08. The second kappa shape index (κ2) is 5.55. The Hall–Kier alpha value is -1.18. The van der Waals surface area contributed by atoms with E-state index in [9.17, 15) is 9.90 Å². The maximum absolute atomic E-state index is 12.2. The number of aromatic amines is 1. The number of hydrogen-bond donors (Lipinski definition) is 2. The second-order valence-corrected chi connectivity index (χ2v) is 6.96. The van der Waals surface area contributed by atoms with Crippen molar-refractivity contribution >= 4 is 58.7 Å². The summed E-state index contributed by atoms with van der Waals surface area (Å²) in [6.07, 6.45) is 0. The first-order chi connectivity index (χ1) is 9.97. The molecule has 0 radical (unpaired) electrons. The molecule has 0 saturated heterocycles. The van der Waals surface area contributed by atoms with Gasteiger partial charge in [-0.1, -0.05) is 22.0 Å². The zero-order valence-corrected chi connectivity index (χ0v) is 15.1. The Morgan fingerprint density at radius 3 is 2.62 bits per heavy atom. The van der Waals surface area contributed by atoms with E-state index < -0.39 is 0 Å². The van der Waals surface area contributed by atoms with Crippen LogP contribution in [-0.2, 0) is 0 Å². The van der Waals surface area contributed by atoms with Gasteiger partial charge in [0.1, 0.15) is 11.6 Å². The van der Waals surface area contributed by atoms with E-state index in [1.807, 2.05) is 6.07 Å². The number of benzene rings is 2. The van der Waals surface area contributed by atoms with Gasteiger partial charge in [0, 0.05) is 8.95 Å². The standard InChI is InChI=1S/C14H7Br3N2O2/c15-6-4-8(12(20)10(17)5-6)13-18-11-7(14(21)19-13)2-1-3-9(11)16/h1-5,20H,(H,18,19,21). The molecule has 0 fully saturated rings. The van der Waals surface area contributed by atoms with Crippen LogP contribution in [0.1, 0.15) is 0 Å². The van der Waals surface area contributed by atoms with Crippen LogP contribution in [0.2, 0.25) is 0 Å². The van der Waals surface area contributed by atoms with Crippen LogP contribution in [0.4, 0.5) is 0 Å². The van der Waals surface area contributed by atoms with Gasteiger partial charge in [0.25, 0.3) is 5.56 Å². The highest BCUT2D eigenvalue weighted by atomic mass is 79.9. The summed E-state index contributed by atoms with van der Waals surface area (Å²) in [6, 6.07) is 8.70. The Kier molecular flexibility index (Phi) is 3.90. The number of H-pyrrole nitrogens is 1. The first-order valence-corrected chi connectivity index (χ1v) is 8.22. The van der Waals surface area contributed by atoms with E-state index in [2.05, 4.69) is 57.8 Å². The Bertz CT molecular complexity index is 922. The minimum atomic E-state index is -0.258. The molecule has 106 valence electrons. The van der Waals surface area contributed by atoms with Crippen LogP contribution in [0.5, 0.6) is 5.75 Å². The molecule has 21 heavy (non-hydrogen) atoms. The molecule has 1 heterocycles.